The van der Waals surface area contributed by atoms with E-state index in [4.69, 9.17) is 9.47 Å². The SMILES string of the molecule is COc1cc(OC)c2nc(C)sc2c1. The van der Waals surface area contributed by atoms with Gasteiger partial charge in [-0.05, 0) is 13.0 Å². The van der Waals surface area contributed by atoms with Crippen LogP contribution in [-0.2, 0) is 0 Å². The molecule has 1 heterocycles. The number of hydrogen-bond donors (Lipinski definition) is 0. The summed E-state index contributed by atoms with van der Waals surface area (Å²) < 4.78 is 11.5. The highest BCUT2D eigenvalue weighted by Gasteiger charge is 2.08. The van der Waals surface area contributed by atoms with E-state index < -0.39 is 0 Å². The summed E-state index contributed by atoms with van der Waals surface area (Å²) in [7, 11) is 3.29. The zero-order chi connectivity index (χ0) is 10.1. The Balaban J connectivity index is 2.72. The van der Waals surface area contributed by atoms with Gasteiger partial charge in [-0.1, -0.05) is 0 Å². The van der Waals surface area contributed by atoms with E-state index in [9.17, 15) is 0 Å². The summed E-state index contributed by atoms with van der Waals surface area (Å²) in [6.07, 6.45) is 0. The molecule has 2 rings (SSSR count). The molecule has 0 unspecified atom stereocenters. The first-order valence-corrected chi connectivity index (χ1v) is 5.05. The van der Waals surface area contributed by atoms with Gasteiger partial charge in [0.25, 0.3) is 0 Å². The number of ether oxygens (including phenoxy) is 2. The van der Waals surface area contributed by atoms with Gasteiger partial charge in [0.05, 0.1) is 23.9 Å². The van der Waals surface area contributed by atoms with Crippen molar-refractivity contribution in [2.45, 2.75) is 6.92 Å². The fourth-order valence-corrected chi connectivity index (χ4v) is 2.23. The molecule has 0 saturated carbocycles. The first-order chi connectivity index (χ1) is 6.74. The van der Waals surface area contributed by atoms with E-state index in [-0.39, 0.29) is 0 Å². The number of aryl methyl sites for hydroxylation is 1. The van der Waals surface area contributed by atoms with Crippen molar-refractivity contribution in [2.75, 3.05) is 14.2 Å². The molecule has 0 spiro atoms. The molecule has 0 atom stereocenters. The van der Waals surface area contributed by atoms with Crippen molar-refractivity contribution in [2.24, 2.45) is 0 Å². The van der Waals surface area contributed by atoms with E-state index in [2.05, 4.69) is 4.98 Å². The highest BCUT2D eigenvalue weighted by molar-refractivity contribution is 7.18. The molecule has 0 N–H and O–H groups in total. The van der Waals surface area contributed by atoms with E-state index in [0.717, 1.165) is 26.7 Å². The van der Waals surface area contributed by atoms with Gasteiger partial charge < -0.3 is 9.47 Å². The largest absolute Gasteiger partial charge is 0.497 e. The lowest BCUT2D eigenvalue weighted by atomic mass is 10.3. The maximum absolute atomic E-state index is 5.25. The normalized spacial score (nSPS) is 10.5. The van der Waals surface area contributed by atoms with Crippen molar-refractivity contribution in [3.63, 3.8) is 0 Å². The standard InChI is InChI=1S/C10H11NO2S/c1-6-11-10-8(13-3)4-7(12-2)5-9(10)14-6/h4-5H,1-3H3. The van der Waals surface area contributed by atoms with Crippen molar-refractivity contribution >= 4 is 21.6 Å². The number of methoxy groups -OCH3 is 2. The second kappa shape index (κ2) is 3.46. The highest BCUT2D eigenvalue weighted by Crippen LogP contribution is 2.33. The zero-order valence-electron chi connectivity index (χ0n) is 8.33. The van der Waals surface area contributed by atoms with Crippen LogP contribution >= 0.6 is 11.3 Å². The molecule has 74 valence electrons. The molecule has 14 heavy (non-hydrogen) atoms. The van der Waals surface area contributed by atoms with Gasteiger partial charge >= 0.3 is 0 Å². The van der Waals surface area contributed by atoms with E-state index in [1.807, 2.05) is 19.1 Å². The van der Waals surface area contributed by atoms with Crippen LogP contribution in [0.3, 0.4) is 0 Å². The Kier molecular flexibility index (Phi) is 2.29. The number of nitrogens with zero attached hydrogens (tertiary/aromatic N) is 1. The Morgan fingerprint density at radius 2 is 2.00 bits per heavy atom. The van der Waals surface area contributed by atoms with Crippen LogP contribution in [0.5, 0.6) is 11.5 Å². The lowest BCUT2D eigenvalue weighted by molar-refractivity contribution is 0.397. The van der Waals surface area contributed by atoms with Gasteiger partial charge in [-0.2, -0.15) is 0 Å². The molecule has 0 fully saturated rings. The lowest BCUT2D eigenvalue weighted by Gasteiger charge is -2.03. The number of benzene rings is 1. The molecule has 3 nitrogen and oxygen atoms in total. The van der Waals surface area contributed by atoms with Gasteiger partial charge in [0.15, 0.2) is 0 Å². The van der Waals surface area contributed by atoms with Crippen LogP contribution < -0.4 is 9.47 Å². The van der Waals surface area contributed by atoms with Gasteiger partial charge in [-0.15, -0.1) is 11.3 Å². The van der Waals surface area contributed by atoms with Crippen LogP contribution in [0.2, 0.25) is 0 Å². The Bertz CT molecular complexity index is 464. The summed E-state index contributed by atoms with van der Waals surface area (Å²) in [4.78, 5) is 4.40. The minimum absolute atomic E-state index is 0.767. The van der Waals surface area contributed by atoms with Crippen LogP contribution in [0.1, 0.15) is 5.01 Å². The molecule has 0 aliphatic heterocycles. The van der Waals surface area contributed by atoms with E-state index in [0.29, 0.717) is 0 Å². The predicted molar refractivity (Wildman–Crippen MR) is 57.5 cm³/mol. The zero-order valence-corrected chi connectivity index (χ0v) is 9.14. The maximum atomic E-state index is 5.25. The van der Waals surface area contributed by atoms with Crippen LogP contribution in [0.25, 0.3) is 10.2 Å². The number of hydrogen-bond acceptors (Lipinski definition) is 4. The van der Waals surface area contributed by atoms with Crippen LogP contribution in [0.15, 0.2) is 12.1 Å². The topological polar surface area (TPSA) is 31.4 Å². The minimum atomic E-state index is 0.767. The number of thiazole rings is 1. The second-order valence-corrected chi connectivity index (χ2v) is 4.14. The van der Waals surface area contributed by atoms with Crippen LogP contribution in [0, 0.1) is 6.92 Å². The minimum Gasteiger partial charge on any atom is -0.497 e. The number of rotatable bonds is 2. The molecule has 2 aromatic rings. The predicted octanol–water partition coefficient (Wildman–Crippen LogP) is 2.62. The summed E-state index contributed by atoms with van der Waals surface area (Å²) in [5.74, 6) is 1.57. The molecular formula is C10H11NO2S. The smallest absolute Gasteiger partial charge is 0.149 e. The van der Waals surface area contributed by atoms with Gasteiger partial charge in [0, 0.05) is 6.07 Å². The monoisotopic (exact) mass is 209 g/mol. The Morgan fingerprint density at radius 3 is 2.64 bits per heavy atom. The third-order valence-corrected chi connectivity index (χ3v) is 2.91. The average molecular weight is 209 g/mol. The van der Waals surface area contributed by atoms with E-state index >= 15 is 0 Å². The van der Waals surface area contributed by atoms with E-state index in [1.54, 1.807) is 25.6 Å². The fourth-order valence-electron chi connectivity index (χ4n) is 1.36. The second-order valence-electron chi connectivity index (χ2n) is 2.91. The molecule has 0 aliphatic carbocycles. The molecule has 0 radical (unpaired) electrons. The lowest BCUT2D eigenvalue weighted by Crippen LogP contribution is -1.87. The molecule has 0 amide bonds. The molecule has 1 aromatic heterocycles. The molecule has 0 bridgehead atoms. The van der Waals surface area contributed by atoms with E-state index in [1.165, 1.54) is 0 Å². The number of aromatic nitrogens is 1. The summed E-state index contributed by atoms with van der Waals surface area (Å²) in [6.45, 7) is 1.98. The molecule has 0 aliphatic rings. The summed E-state index contributed by atoms with van der Waals surface area (Å²) >= 11 is 1.64. The third kappa shape index (κ3) is 1.42. The Labute approximate surface area is 86.3 Å². The number of fused-ring (bicyclic) bond motifs is 1. The molecule has 1 aromatic carbocycles. The van der Waals surface area contributed by atoms with Crippen LogP contribution in [0.4, 0.5) is 0 Å². The van der Waals surface area contributed by atoms with Crippen LogP contribution in [-0.4, -0.2) is 19.2 Å². The molecular weight excluding hydrogens is 198 g/mol. The van der Waals surface area contributed by atoms with Gasteiger partial charge in [0.2, 0.25) is 0 Å². The Morgan fingerprint density at radius 1 is 1.21 bits per heavy atom. The highest BCUT2D eigenvalue weighted by atomic mass is 32.1. The quantitative estimate of drug-likeness (QED) is 0.762. The molecule has 4 heteroatoms. The summed E-state index contributed by atoms with van der Waals surface area (Å²) in [5, 5.41) is 1.03. The fraction of sp³-hybridized carbons (Fsp3) is 0.300. The van der Waals surface area contributed by atoms with Gasteiger partial charge in [-0.25, -0.2) is 4.98 Å². The summed E-state index contributed by atoms with van der Waals surface area (Å²) in [5.41, 5.74) is 0.913. The first kappa shape index (κ1) is 9.27. The van der Waals surface area contributed by atoms with Crippen molar-refractivity contribution in [3.8, 4) is 11.5 Å². The average Bonchev–Trinajstić information content (AvgIpc) is 2.56. The van der Waals surface area contributed by atoms with Gasteiger partial charge in [-0.3, -0.25) is 0 Å². The van der Waals surface area contributed by atoms with Crippen molar-refractivity contribution in [1.29, 1.82) is 0 Å². The maximum Gasteiger partial charge on any atom is 0.149 e. The van der Waals surface area contributed by atoms with Crippen molar-refractivity contribution < 1.29 is 9.47 Å². The van der Waals surface area contributed by atoms with Crippen molar-refractivity contribution in [1.82, 2.24) is 4.98 Å². The van der Waals surface area contributed by atoms with Crippen molar-refractivity contribution in [3.05, 3.63) is 17.1 Å². The summed E-state index contributed by atoms with van der Waals surface area (Å²) in [6, 6.07) is 3.82. The van der Waals surface area contributed by atoms with Gasteiger partial charge in [0.1, 0.15) is 17.0 Å². The molecule has 0 saturated heterocycles. The first-order valence-electron chi connectivity index (χ1n) is 4.23. The third-order valence-electron chi connectivity index (χ3n) is 2.00. The Hall–Kier alpha value is -1.29.